The summed E-state index contributed by atoms with van der Waals surface area (Å²) in [6.07, 6.45) is 7.39. The highest BCUT2D eigenvalue weighted by atomic mass is 32.2. The van der Waals surface area contributed by atoms with Gasteiger partial charge < -0.3 is 18.9 Å². The Morgan fingerprint density at radius 1 is 0.977 bits per heavy atom. The Kier molecular flexibility index (Phi) is 8.06. The molecule has 3 heterocycles. The molecule has 3 aromatic rings. The van der Waals surface area contributed by atoms with Gasteiger partial charge in [-0.25, -0.2) is 4.72 Å². The molecule has 0 saturated heterocycles. The van der Waals surface area contributed by atoms with Gasteiger partial charge in [0.05, 0.1) is 43.6 Å². The normalized spacial score (nSPS) is 20.4. The second-order valence-electron chi connectivity index (χ2n) is 11.6. The molecule has 10 nitrogen and oxygen atoms in total. The molecule has 2 bridgehead atoms. The molecular weight excluding hydrogens is 568 g/mol. The fourth-order valence-electron chi connectivity index (χ4n) is 6.62. The number of rotatable bonds is 2. The predicted molar refractivity (Wildman–Crippen MR) is 165 cm³/mol. The molecule has 2 aliphatic heterocycles. The van der Waals surface area contributed by atoms with Crippen molar-refractivity contribution >= 4 is 39.0 Å². The zero-order chi connectivity index (χ0) is 30.3. The highest BCUT2D eigenvalue weighted by molar-refractivity contribution is 7.87. The van der Waals surface area contributed by atoms with Crippen LogP contribution in [0.2, 0.25) is 0 Å². The number of carbonyl (C=O) groups excluding carboxylic acids is 2. The van der Waals surface area contributed by atoms with Gasteiger partial charge in [-0.05, 0) is 60.2 Å². The molecule has 1 fully saturated rings. The third-order valence-electron chi connectivity index (χ3n) is 8.93. The Bertz CT molecular complexity index is 1720. The van der Waals surface area contributed by atoms with Crippen LogP contribution in [0.25, 0.3) is 28.2 Å². The van der Waals surface area contributed by atoms with Gasteiger partial charge in [-0.15, -0.1) is 0 Å². The summed E-state index contributed by atoms with van der Waals surface area (Å²) < 4.78 is 42.9. The lowest BCUT2D eigenvalue weighted by atomic mass is 9.81. The lowest BCUT2D eigenvalue weighted by Gasteiger charge is -2.24. The fraction of sp³-hybridized carbons (Fsp3) is 0.438. The van der Waals surface area contributed by atoms with Gasteiger partial charge in [0.1, 0.15) is 5.75 Å². The minimum Gasteiger partial charge on any atom is -0.497 e. The Balaban J connectivity index is 1.66. The second kappa shape index (κ2) is 11.8. The summed E-state index contributed by atoms with van der Waals surface area (Å²) in [6.45, 7) is 0.978. The molecule has 6 rings (SSSR count). The molecule has 0 atom stereocenters. The highest BCUT2D eigenvalue weighted by Gasteiger charge is 2.33. The van der Waals surface area contributed by atoms with Gasteiger partial charge in [0.2, 0.25) is 0 Å². The summed E-state index contributed by atoms with van der Waals surface area (Å²) >= 11 is 0. The van der Waals surface area contributed by atoms with Gasteiger partial charge in [-0.3, -0.25) is 9.59 Å². The molecule has 1 aliphatic carbocycles. The average molecular weight is 607 g/mol. The van der Waals surface area contributed by atoms with Crippen LogP contribution in [0.5, 0.6) is 5.75 Å². The molecule has 11 heteroatoms. The zero-order valence-corrected chi connectivity index (χ0v) is 25.7. The first kappa shape index (κ1) is 29.4. The van der Waals surface area contributed by atoms with E-state index in [1.165, 1.54) is 13.5 Å². The zero-order valence-electron chi connectivity index (χ0n) is 24.9. The third kappa shape index (κ3) is 5.45. The number of fused-ring (bicyclic) bond motifs is 3. The van der Waals surface area contributed by atoms with Crippen molar-refractivity contribution in [2.24, 2.45) is 0 Å². The standard InChI is InChI=1S/C32H38N4O6S/c1-34-14-16-42-17-15-35(2)43(39,40)33-31(37)27-11-7-10-26-28(21-8-5-4-6-9-21)30-25-13-12-24(41-3)19-22(25)18-23(32(34)38)20-36(30)29(26)27/h7,10-13,18-19,21H,4-6,8-9,14-17,20H2,1-3H3,(H,33,37). The van der Waals surface area contributed by atoms with E-state index in [1.807, 2.05) is 36.4 Å². The van der Waals surface area contributed by atoms with Gasteiger partial charge in [0.15, 0.2) is 0 Å². The molecule has 1 saturated carbocycles. The van der Waals surface area contributed by atoms with E-state index in [0.717, 1.165) is 57.8 Å². The van der Waals surface area contributed by atoms with E-state index in [2.05, 4.69) is 9.29 Å². The smallest absolute Gasteiger partial charge is 0.303 e. The minimum absolute atomic E-state index is 0.0547. The molecule has 0 radical (unpaired) electrons. The Morgan fingerprint density at radius 2 is 1.74 bits per heavy atom. The van der Waals surface area contributed by atoms with Crippen LogP contribution in [0.1, 0.15) is 59.5 Å². The first-order valence-electron chi connectivity index (χ1n) is 14.9. The van der Waals surface area contributed by atoms with Gasteiger partial charge in [0.25, 0.3) is 11.8 Å². The van der Waals surface area contributed by atoms with Crippen molar-refractivity contribution in [1.29, 1.82) is 0 Å². The average Bonchev–Trinajstić information content (AvgIpc) is 3.23. The molecule has 228 valence electrons. The number of para-hydroxylation sites is 1. The maximum absolute atomic E-state index is 13.9. The number of methoxy groups -OCH3 is 1. The summed E-state index contributed by atoms with van der Waals surface area (Å²) in [6, 6.07) is 11.4. The van der Waals surface area contributed by atoms with E-state index in [1.54, 1.807) is 25.1 Å². The van der Waals surface area contributed by atoms with Crippen molar-refractivity contribution < 1.29 is 27.5 Å². The number of hydrogen-bond acceptors (Lipinski definition) is 6. The van der Waals surface area contributed by atoms with Crippen LogP contribution >= 0.6 is 0 Å². The summed E-state index contributed by atoms with van der Waals surface area (Å²) in [5.41, 5.74) is 5.36. The summed E-state index contributed by atoms with van der Waals surface area (Å²) in [5.74, 6) is 0.0936. The molecular formula is C32H38N4O6S. The molecule has 1 aromatic heterocycles. The number of hydrogen-bond donors (Lipinski definition) is 1. The largest absolute Gasteiger partial charge is 0.497 e. The van der Waals surface area contributed by atoms with Gasteiger partial charge in [-0.2, -0.15) is 12.7 Å². The topological polar surface area (TPSA) is 110 Å². The van der Waals surface area contributed by atoms with Gasteiger partial charge in [0, 0.05) is 43.7 Å². The first-order valence-corrected chi connectivity index (χ1v) is 16.3. The number of nitrogens with zero attached hydrogens (tertiary/aromatic N) is 3. The number of carbonyl (C=O) groups is 2. The van der Waals surface area contributed by atoms with Gasteiger partial charge in [-0.1, -0.05) is 31.4 Å². The number of aromatic nitrogens is 1. The number of likely N-dealkylation sites (N-methyl/N-ethyl adjacent to an activating group) is 2. The molecule has 2 amide bonds. The molecule has 0 unspecified atom stereocenters. The molecule has 3 aliphatic rings. The minimum atomic E-state index is -4.12. The van der Waals surface area contributed by atoms with Crippen molar-refractivity contribution in [2.75, 3.05) is 47.5 Å². The lowest BCUT2D eigenvalue weighted by Crippen LogP contribution is -2.43. The summed E-state index contributed by atoms with van der Waals surface area (Å²) in [5, 5.41) is 0.915. The number of ether oxygens (including phenoxy) is 2. The molecule has 2 aromatic carbocycles. The quantitative estimate of drug-likeness (QED) is 0.469. The Morgan fingerprint density at radius 3 is 2.51 bits per heavy atom. The lowest BCUT2D eigenvalue weighted by molar-refractivity contribution is -0.126. The van der Waals surface area contributed by atoms with Gasteiger partial charge >= 0.3 is 10.2 Å². The first-order chi connectivity index (χ1) is 20.7. The van der Waals surface area contributed by atoms with Crippen molar-refractivity contribution in [2.45, 2.75) is 44.6 Å². The second-order valence-corrected chi connectivity index (χ2v) is 13.4. The molecule has 43 heavy (non-hydrogen) atoms. The van der Waals surface area contributed by atoms with E-state index in [-0.39, 0.29) is 43.7 Å². The van der Waals surface area contributed by atoms with Crippen LogP contribution in [0.15, 0.2) is 42.0 Å². The van der Waals surface area contributed by atoms with E-state index in [9.17, 15) is 18.0 Å². The van der Waals surface area contributed by atoms with Crippen LogP contribution in [0.4, 0.5) is 0 Å². The number of nitrogens with one attached hydrogen (secondary N) is 1. The van der Waals surface area contributed by atoms with Crippen LogP contribution < -0.4 is 9.46 Å². The van der Waals surface area contributed by atoms with Crippen molar-refractivity contribution in [3.63, 3.8) is 0 Å². The summed E-state index contributed by atoms with van der Waals surface area (Å²) in [4.78, 5) is 29.4. The molecule has 0 spiro atoms. The monoisotopic (exact) mass is 606 g/mol. The van der Waals surface area contributed by atoms with Crippen molar-refractivity contribution in [1.82, 2.24) is 18.5 Å². The Labute approximate surface area is 252 Å². The fourth-order valence-corrected chi connectivity index (χ4v) is 7.44. The summed E-state index contributed by atoms with van der Waals surface area (Å²) in [7, 11) is 0.645. The maximum atomic E-state index is 13.9. The maximum Gasteiger partial charge on any atom is 0.303 e. The van der Waals surface area contributed by atoms with E-state index in [0.29, 0.717) is 23.4 Å². The Hall–Kier alpha value is -3.67. The van der Waals surface area contributed by atoms with Crippen LogP contribution in [-0.2, 0) is 26.3 Å². The van der Waals surface area contributed by atoms with E-state index >= 15 is 0 Å². The van der Waals surface area contributed by atoms with Crippen molar-refractivity contribution in [3.05, 3.63) is 58.7 Å². The van der Waals surface area contributed by atoms with Crippen LogP contribution in [0.3, 0.4) is 0 Å². The van der Waals surface area contributed by atoms with Crippen LogP contribution in [-0.4, -0.2) is 81.5 Å². The third-order valence-corrected chi connectivity index (χ3v) is 10.4. The van der Waals surface area contributed by atoms with E-state index in [4.69, 9.17) is 9.47 Å². The van der Waals surface area contributed by atoms with Crippen molar-refractivity contribution in [3.8, 4) is 17.0 Å². The number of benzene rings is 2. The van der Waals surface area contributed by atoms with E-state index < -0.39 is 16.1 Å². The molecule has 1 N–H and O–H groups in total. The van der Waals surface area contributed by atoms with Crippen LogP contribution in [0, 0.1) is 0 Å². The highest BCUT2D eigenvalue weighted by Crippen LogP contribution is 2.47. The SMILES string of the molecule is COc1ccc2c(c1)C=C1Cn3c-2c(C2CCCCC2)c2cccc(c23)C(=O)NS(=O)(=O)N(C)CCOCCN(C)C1=O. The number of amides is 2. The predicted octanol–water partition coefficient (Wildman–Crippen LogP) is 4.16.